The molecule has 0 radical (unpaired) electrons. The van der Waals surface area contributed by atoms with Gasteiger partial charge in [-0.1, -0.05) is 17.7 Å². The van der Waals surface area contributed by atoms with E-state index in [1.54, 1.807) is 13.1 Å². The zero-order valence-electron chi connectivity index (χ0n) is 8.51. The summed E-state index contributed by atoms with van der Waals surface area (Å²) in [5.41, 5.74) is 3.47. The van der Waals surface area contributed by atoms with Crippen molar-refractivity contribution in [1.29, 1.82) is 0 Å². The van der Waals surface area contributed by atoms with Crippen LogP contribution < -0.4 is 5.32 Å². The van der Waals surface area contributed by atoms with Gasteiger partial charge in [0, 0.05) is 18.1 Å². The van der Waals surface area contributed by atoms with Gasteiger partial charge in [-0.25, -0.2) is 0 Å². The van der Waals surface area contributed by atoms with E-state index in [0.717, 1.165) is 29.0 Å². The smallest absolute Gasteiger partial charge is 0.244 e. The van der Waals surface area contributed by atoms with E-state index in [1.165, 1.54) is 5.56 Å². The second kappa shape index (κ2) is 4.07. The zero-order valence-corrected chi connectivity index (χ0v) is 9.27. The first kappa shape index (κ1) is 10.2. The Labute approximate surface area is 93.9 Å². The SMILES string of the molecule is CNC(=O)C=C1CCc2ccc(Cl)cc21. The molecule has 0 unspecified atom stereocenters. The Balaban J connectivity index is 2.39. The van der Waals surface area contributed by atoms with Gasteiger partial charge in [0.25, 0.3) is 0 Å². The molecule has 0 atom stereocenters. The van der Waals surface area contributed by atoms with E-state index in [0.29, 0.717) is 0 Å². The molecule has 1 aliphatic carbocycles. The summed E-state index contributed by atoms with van der Waals surface area (Å²) in [4.78, 5) is 11.2. The highest BCUT2D eigenvalue weighted by atomic mass is 35.5. The van der Waals surface area contributed by atoms with Crippen LogP contribution in [-0.4, -0.2) is 13.0 Å². The second-order valence-corrected chi connectivity index (χ2v) is 4.02. The summed E-state index contributed by atoms with van der Waals surface area (Å²) in [6.07, 6.45) is 3.57. The van der Waals surface area contributed by atoms with E-state index in [1.807, 2.05) is 18.2 Å². The van der Waals surface area contributed by atoms with Crippen LogP contribution in [0.1, 0.15) is 17.5 Å². The summed E-state index contributed by atoms with van der Waals surface area (Å²) >= 11 is 5.93. The average molecular weight is 222 g/mol. The van der Waals surface area contributed by atoms with Crippen LogP contribution in [0.3, 0.4) is 0 Å². The van der Waals surface area contributed by atoms with Crippen LogP contribution in [0, 0.1) is 0 Å². The molecule has 15 heavy (non-hydrogen) atoms. The Kier molecular flexibility index (Phi) is 2.78. The molecular weight excluding hydrogens is 210 g/mol. The van der Waals surface area contributed by atoms with Crippen LogP contribution in [0.15, 0.2) is 24.3 Å². The van der Waals surface area contributed by atoms with Crippen LogP contribution >= 0.6 is 11.6 Å². The molecule has 0 heterocycles. The molecule has 0 bridgehead atoms. The monoisotopic (exact) mass is 221 g/mol. The van der Waals surface area contributed by atoms with Gasteiger partial charge in [0.05, 0.1) is 0 Å². The van der Waals surface area contributed by atoms with Crippen LogP contribution in [-0.2, 0) is 11.2 Å². The normalized spacial score (nSPS) is 16.5. The van der Waals surface area contributed by atoms with E-state index in [-0.39, 0.29) is 5.91 Å². The third kappa shape index (κ3) is 2.05. The number of carbonyl (C=O) groups excluding carboxylic acids is 1. The van der Waals surface area contributed by atoms with Crippen LogP contribution in [0.5, 0.6) is 0 Å². The molecule has 1 aromatic carbocycles. The molecule has 78 valence electrons. The van der Waals surface area contributed by atoms with Crippen molar-refractivity contribution in [3.05, 3.63) is 40.4 Å². The molecule has 1 N–H and O–H groups in total. The Morgan fingerprint density at radius 3 is 3.00 bits per heavy atom. The Morgan fingerprint density at radius 2 is 2.27 bits per heavy atom. The summed E-state index contributed by atoms with van der Waals surface area (Å²) in [5.74, 6) is -0.0576. The fourth-order valence-electron chi connectivity index (χ4n) is 1.85. The minimum Gasteiger partial charge on any atom is -0.356 e. The van der Waals surface area contributed by atoms with Gasteiger partial charge in [0.2, 0.25) is 5.91 Å². The highest BCUT2D eigenvalue weighted by Crippen LogP contribution is 2.33. The van der Waals surface area contributed by atoms with Gasteiger partial charge in [-0.15, -0.1) is 0 Å². The number of carbonyl (C=O) groups is 1. The first-order valence-corrected chi connectivity index (χ1v) is 5.29. The third-order valence-electron chi connectivity index (χ3n) is 2.63. The second-order valence-electron chi connectivity index (χ2n) is 3.59. The highest BCUT2D eigenvalue weighted by molar-refractivity contribution is 6.30. The molecule has 0 saturated heterocycles. The maximum atomic E-state index is 11.2. The number of hydrogen-bond donors (Lipinski definition) is 1. The molecule has 0 aliphatic heterocycles. The van der Waals surface area contributed by atoms with Crippen molar-refractivity contribution in [2.75, 3.05) is 7.05 Å². The molecule has 0 fully saturated rings. The number of amides is 1. The van der Waals surface area contributed by atoms with Gasteiger partial charge >= 0.3 is 0 Å². The number of fused-ring (bicyclic) bond motifs is 1. The van der Waals surface area contributed by atoms with Gasteiger partial charge in [-0.2, -0.15) is 0 Å². The van der Waals surface area contributed by atoms with E-state index in [4.69, 9.17) is 11.6 Å². The number of aryl methyl sites for hydroxylation is 1. The van der Waals surface area contributed by atoms with E-state index in [9.17, 15) is 4.79 Å². The molecular formula is C12H12ClNO. The third-order valence-corrected chi connectivity index (χ3v) is 2.87. The lowest BCUT2D eigenvalue weighted by Gasteiger charge is -2.01. The van der Waals surface area contributed by atoms with Crippen LogP contribution in [0.2, 0.25) is 5.02 Å². The fourth-order valence-corrected chi connectivity index (χ4v) is 2.02. The number of halogens is 1. The summed E-state index contributed by atoms with van der Waals surface area (Å²) in [6, 6.07) is 5.85. The van der Waals surface area contributed by atoms with Gasteiger partial charge in [-0.05, 0) is 41.7 Å². The molecule has 0 saturated carbocycles. The predicted molar refractivity (Wildman–Crippen MR) is 61.8 cm³/mol. The minimum atomic E-state index is -0.0576. The van der Waals surface area contributed by atoms with Gasteiger partial charge in [0.15, 0.2) is 0 Å². The number of rotatable bonds is 1. The van der Waals surface area contributed by atoms with Gasteiger partial charge in [0.1, 0.15) is 0 Å². The number of allylic oxidation sites excluding steroid dienone is 1. The van der Waals surface area contributed by atoms with Crippen molar-refractivity contribution in [3.8, 4) is 0 Å². The fraction of sp³-hybridized carbons (Fsp3) is 0.250. The summed E-state index contributed by atoms with van der Waals surface area (Å²) in [7, 11) is 1.63. The molecule has 1 aromatic rings. The molecule has 1 amide bonds. The predicted octanol–water partition coefficient (Wildman–Crippen LogP) is 2.42. The lowest BCUT2D eigenvalue weighted by Crippen LogP contribution is -2.14. The van der Waals surface area contributed by atoms with Crippen molar-refractivity contribution < 1.29 is 4.79 Å². The lowest BCUT2D eigenvalue weighted by molar-refractivity contribution is -0.116. The Bertz CT molecular complexity index is 437. The average Bonchev–Trinajstić information content (AvgIpc) is 2.61. The number of nitrogens with one attached hydrogen (secondary N) is 1. The Morgan fingerprint density at radius 1 is 1.47 bits per heavy atom. The van der Waals surface area contributed by atoms with Crippen molar-refractivity contribution in [1.82, 2.24) is 5.32 Å². The topological polar surface area (TPSA) is 29.1 Å². The largest absolute Gasteiger partial charge is 0.356 e. The van der Waals surface area contributed by atoms with Crippen molar-refractivity contribution in [3.63, 3.8) is 0 Å². The highest BCUT2D eigenvalue weighted by Gasteiger charge is 2.16. The molecule has 2 rings (SSSR count). The van der Waals surface area contributed by atoms with Crippen LogP contribution in [0.25, 0.3) is 5.57 Å². The van der Waals surface area contributed by atoms with Crippen molar-refractivity contribution >= 4 is 23.1 Å². The molecule has 0 spiro atoms. The summed E-state index contributed by atoms with van der Waals surface area (Å²) < 4.78 is 0. The lowest BCUT2D eigenvalue weighted by atomic mass is 10.1. The first-order chi connectivity index (χ1) is 7.20. The standard InChI is InChI=1S/C12H12ClNO/c1-14-12(15)6-9-3-2-8-4-5-10(13)7-11(8)9/h4-7H,2-3H2,1H3,(H,14,15). The summed E-state index contributed by atoms with van der Waals surface area (Å²) in [5, 5.41) is 3.31. The van der Waals surface area contributed by atoms with E-state index < -0.39 is 0 Å². The Hall–Kier alpha value is -1.28. The zero-order chi connectivity index (χ0) is 10.8. The van der Waals surface area contributed by atoms with E-state index >= 15 is 0 Å². The van der Waals surface area contributed by atoms with Crippen molar-refractivity contribution in [2.45, 2.75) is 12.8 Å². The number of hydrogen-bond acceptors (Lipinski definition) is 1. The molecule has 1 aliphatic rings. The van der Waals surface area contributed by atoms with Crippen molar-refractivity contribution in [2.24, 2.45) is 0 Å². The minimum absolute atomic E-state index is 0.0576. The van der Waals surface area contributed by atoms with Crippen LogP contribution in [0.4, 0.5) is 0 Å². The summed E-state index contributed by atoms with van der Waals surface area (Å²) in [6.45, 7) is 0. The molecule has 0 aromatic heterocycles. The van der Waals surface area contributed by atoms with E-state index in [2.05, 4.69) is 5.32 Å². The maximum Gasteiger partial charge on any atom is 0.244 e. The molecule has 2 nitrogen and oxygen atoms in total. The number of benzene rings is 1. The first-order valence-electron chi connectivity index (χ1n) is 4.92. The number of likely N-dealkylation sites (N-methyl/N-ethyl adjacent to an activating group) is 1. The maximum absolute atomic E-state index is 11.2. The van der Waals surface area contributed by atoms with Gasteiger partial charge in [-0.3, -0.25) is 4.79 Å². The van der Waals surface area contributed by atoms with Gasteiger partial charge < -0.3 is 5.32 Å². The quantitative estimate of drug-likeness (QED) is 0.725. The molecule has 3 heteroatoms.